The molecule has 0 N–H and O–H groups in total. The van der Waals surface area contributed by atoms with Crippen LogP contribution >= 0.6 is 0 Å². The van der Waals surface area contributed by atoms with E-state index >= 15 is 0 Å². The van der Waals surface area contributed by atoms with Crippen LogP contribution in [0.15, 0.2) is 0 Å². The number of ketones is 1. The molecular formula is C11H17NO3. The van der Waals surface area contributed by atoms with Gasteiger partial charge in [0.2, 0.25) is 0 Å². The topological polar surface area (TPSA) is 54.5 Å². The lowest BCUT2D eigenvalue weighted by Crippen LogP contribution is -2.47. The van der Waals surface area contributed by atoms with E-state index in [1.807, 2.05) is 0 Å². The lowest BCUT2D eigenvalue weighted by Gasteiger charge is -2.38. The summed E-state index contributed by atoms with van der Waals surface area (Å²) in [6.07, 6.45) is 2.18. The molecule has 1 saturated carbocycles. The van der Waals surface area contributed by atoms with Crippen molar-refractivity contribution in [2.75, 3.05) is 6.54 Å². The number of hydrogen-bond donors (Lipinski definition) is 0. The first kappa shape index (κ1) is 12.1. The van der Waals surface area contributed by atoms with E-state index in [0.717, 1.165) is 19.4 Å². The Kier molecular flexibility index (Phi) is 3.42. The number of nitrogens with zero attached hydrogens (tertiary/aromatic N) is 1. The average Bonchev–Trinajstić information content (AvgIpc) is 2.61. The van der Waals surface area contributed by atoms with Crippen molar-refractivity contribution in [1.29, 1.82) is 0 Å². The highest BCUT2D eigenvalue weighted by Crippen LogP contribution is 2.38. The minimum atomic E-state index is 0.250. The monoisotopic (exact) mass is 211 g/mol. The third-order valence-electron chi connectivity index (χ3n) is 3.17. The Morgan fingerprint density at radius 2 is 1.87 bits per heavy atom. The largest absolute Gasteiger partial charge is 0.373 e. The Labute approximate surface area is 89.6 Å². The zero-order chi connectivity index (χ0) is 11.6. The maximum Gasteiger partial charge on any atom is 0.373 e. The maximum atomic E-state index is 11.3. The van der Waals surface area contributed by atoms with Gasteiger partial charge in [0.25, 0.3) is 0 Å². The zero-order valence-corrected chi connectivity index (χ0v) is 9.45. The minimum Gasteiger partial charge on any atom is -0.299 e. The Bertz CT molecular complexity index is 287. The van der Waals surface area contributed by atoms with Crippen LogP contribution in [-0.4, -0.2) is 35.0 Å². The Hall–Kier alpha value is -0.990. The summed E-state index contributed by atoms with van der Waals surface area (Å²) < 4.78 is 0. The first-order chi connectivity index (χ1) is 6.90. The molecule has 2 atom stereocenters. The molecule has 1 heterocycles. The van der Waals surface area contributed by atoms with Gasteiger partial charge in [-0.2, -0.15) is 9.59 Å². The molecule has 0 aromatic heterocycles. The number of fused-ring (bicyclic) bond motifs is 2. The highest BCUT2D eigenvalue weighted by atomic mass is 16.2. The van der Waals surface area contributed by atoms with E-state index in [1.54, 1.807) is 0 Å². The summed E-state index contributed by atoms with van der Waals surface area (Å²) in [5, 5.41) is 0. The van der Waals surface area contributed by atoms with Crippen LogP contribution in [0.25, 0.3) is 0 Å². The average molecular weight is 211 g/mol. The molecule has 0 spiro atoms. The molecule has 2 bridgehead atoms. The number of carbonyl (C=O) groups excluding carboxylic acids is 3. The van der Waals surface area contributed by atoms with Crippen molar-refractivity contribution in [1.82, 2.24) is 4.90 Å². The van der Waals surface area contributed by atoms with Gasteiger partial charge in [0.05, 0.1) is 0 Å². The highest BCUT2D eigenvalue weighted by Gasteiger charge is 2.46. The van der Waals surface area contributed by atoms with Crippen LogP contribution in [0.3, 0.4) is 0 Å². The molecule has 2 rings (SSSR count). The quantitative estimate of drug-likeness (QED) is 0.596. The van der Waals surface area contributed by atoms with Gasteiger partial charge in [0.15, 0.2) is 0 Å². The highest BCUT2D eigenvalue weighted by molar-refractivity contribution is 5.85. The van der Waals surface area contributed by atoms with Crippen LogP contribution in [0, 0.1) is 5.92 Å². The molecule has 0 aromatic carbocycles. The van der Waals surface area contributed by atoms with Crippen LogP contribution in [0.1, 0.15) is 33.6 Å². The van der Waals surface area contributed by atoms with Gasteiger partial charge in [-0.05, 0) is 27.2 Å². The van der Waals surface area contributed by atoms with Crippen LogP contribution in [0.2, 0.25) is 0 Å². The molecule has 4 heteroatoms. The maximum absolute atomic E-state index is 11.3. The molecule has 1 aliphatic carbocycles. The van der Waals surface area contributed by atoms with E-state index in [9.17, 15) is 4.79 Å². The van der Waals surface area contributed by atoms with E-state index in [1.165, 1.54) is 0 Å². The summed E-state index contributed by atoms with van der Waals surface area (Å²) in [4.78, 5) is 30.0. The summed E-state index contributed by atoms with van der Waals surface area (Å²) >= 11 is 0. The molecule has 4 nitrogen and oxygen atoms in total. The molecular weight excluding hydrogens is 194 g/mol. The number of likely N-dealkylation sites (tertiary alicyclic amines) is 1. The van der Waals surface area contributed by atoms with Crippen molar-refractivity contribution in [2.24, 2.45) is 5.92 Å². The van der Waals surface area contributed by atoms with Crippen LogP contribution in [0.5, 0.6) is 0 Å². The predicted molar refractivity (Wildman–Crippen MR) is 53.0 cm³/mol. The zero-order valence-electron chi connectivity index (χ0n) is 9.45. The van der Waals surface area contributed by atoms with Gasteiger partial charge in [-0.15, -0.1) is 0 Å². The third-order valence-corrected chi connectivity index (χ3v) is 3.17. The second-order valence-corrected chi connectivity index (χ2v) is 5.16. The molecule has 1 saturated heterocycles. The first-order valence-corrected chi connectivity index (χ1v) is 5.19. The lowest BCUT2D eigenvalue weighted by atomic mass is 10.0. The standard InChI is InChI=1S/C10H17NO.CO2/c1-10(2,3)11-6-7-4-8(11)5-9(7)12;2-1-3/h7-8H,4-6H2,1-3H3;. The van der Waals surface area contributed by atoms with Crippen molar-refractivity contribution in [3.8, 4) is 0 Å². The van der Waals surface area contributed by atoms with Crippen LogP contribution < -0.4 is 0 Å². The molecule has 84 valence electrons. The fourth-order valence-electron chi connectivity index (χ4n) is 2.56. The summed E-state index contributed by atoms with van der Waals surface area (Å²) in [5.41, 5.74) is 0.250. The minimum absolute atomic E-state index is 0.250. The van der Waals surface area contributed by atoms with Gasteiger partial charge in [0, 0.05) is 30.5 Å². The Balaban J connectivity index is 0.000000337. The predicted octanol–water partition coefficient (Wildman–Crippen LogP) is 0.865. The number of Topliss-reactive ketones (excluding diaryl/α,β-unsaturated/α-hetero) is 1. The number of piperidine rings is 1. The fourth-order valence-corrected chi connectivity index (χ4v) is 2.56. The van der Waals surface area contributed by atoms with Crippen molar-refractivity contribution in [3.63, 3.8) is 0 Å². The summed E-state index contributed by atoms with van der Waals surface area (Å²) in [6, 6.07) is 0.558. The number of carbonyl (C=O) groups is 1. The molecule has 0 aromatic rings. The second-order valence-electron chi connectivity index (χ2n) is 5.16. The molecule has 0 amide bonds. The first-order valence-electron chi connectivity index (χ1n) is 5.19. The van der Waals surface area contributed by atoms with Crippen molar-refractivity contribution < 1.29 is 14.4 Å². The molecule has 2 fully saturated rings. The van der Waals surface area contributed by atoms with Crippen LogP contribution in [0.4, 0.5) is 0 Å². The normalized spacial score (nSPS) is 29.7. The second kappa shape index (κ2) is 4.25. The molecule has 1 aliphatic heterocycles. The van der Waals surface area contributed by atoms with E-state index in [2.05, 4.69) is 25.7 Å². The van der Waals surface area contributed by atoms with E-state index in [0.29, 0.717) is 17.7 Å². The smallest absolute Gasteiger partial charge is 0.299 e. The number of hydrogen-bond acceptors (Lipinski definition) is 4. The lowest BCUT2D eigenvalue weighted by molar-refractivity contribution is -0.191. The van der Waals surface area contributed by atoms with Gasteiger partial charge in [-0.3, -0.25) is 9.69 Å². The van der Waals surface area contributed by atoms with Gasteiger partial charge in [-0.1, -0.05) is 0 Å². The van der Waals surface area contributed by atoms with Gasteiger partial charge < -0.3 is 0 Å². The van der Waals surface area contributed by atoms with Crippen molar-refractivity contribution in [3.05, 3.63) is 0 Å². The van der Waals surface area contributed by atoms with Crippen molar-refractivity contribution >= 4 is 11.9 Å². The summed E-state index contributed by atoms with van der Waals surface area (Å²) in [5.74, 6) is 0.870. The van der Waals surface area contributed by atoms with Gasteiger partial charge >= 0.3 is 6.15 Å². The third kappa shape index (κ3) is 2.52. The van der Waals surface area contributed by atoms with Gasteiger partial charge in [-0.25, -0.2) is 0 Å². The molecule has 2 aliphatic rings. The van der Waals surface area contributed by atoms with Crippen molar-refractivity contribution in [2.45, 2.75) is 45.2 Å². The van der Waals surface area contributed by atoms with Gasteiger partial charge in [0.1, 0.15) is 5.78 Å². The SMILES string of the molecule is CC(C)(C)N1CC2CC1CC2=O.O=C=O. The van der Waals surface area contributed by atoms with E-state index in [4.69, 9.17) is 9.59 Å². The molecule has 2 unspecified atom stereocenters. The van der Waals surface area contributed by atoms with Crippen LogP contribution in [-0.2, 0) is 14.4 Å². The fraction of sp³-hybridized carbons (Fsp3) is 0.818. The number of rotatable bonds is 0. The molecule has 15 heavy (non-hydrogen) atoms. The Morgan fingerprint density at radius 3 is 2.13 bits per heavy atom. The Morgan fingerprint density at radius 1 is 1.33 bits per heavy atom. The van der Waals surface area contributed by atoms with E-state index in [-0.39, 0.29) is 11.7 Å². The van der Waals surface area contributed by atoms with E-state index < -0.39 is 0 Å². The summed E-state index contributed by atoms with van der Waals surface area (Å²) in [7, 11) is 0. The summed E-state index contributed by atoms with van der Waals surface area (Å²) in [6.45, 7) is 7.71. The molecule has 0 radical (unpaired) electrons.